The number of rotatable bonds is 4. The van der Waals surface area contributed by atoms with Gasteiger partial charge < -0.3 is 5.73 Å². The van der Waals surface area contributed by atoms with Crippen LogP contribution in [-0.4, -0.2) is 24.0 Å². The summed E-state index contributed by atoms with van der Waals surface area (Å²) in [6.07, 6.45) is -2.14. The fraction of sp³-hybridized carbons (Fsp3) is 0.625. The van der Waals surface area contributed by atoms with E-state index < -0.39 is 11.7 Å². The molecule has 0 aliphatic carbocycles. The molecule has 1 saturated heterocycles. The molecule has 2 rings (SSSR count). The van der Waals surface area contributed by atoms with Crippen LogP contribution in [0.25, 0.3) is 0 Å². The molecule has 1 aliphatic heterocycles. The third kappa shape index (κ3) is 3.58. The molecule has 0 bridgehead atoms. The lowest BCUT2D eigenvalue weighted by Crippen LogP contribution is -2.40. The molecule has 0 spiro atoms. The molecule has 1 heterocycles. The van der Waals surface area contributed by atoms with Crippen LogP contribution < -0.4 is 5.73 Å². The Bertz CT molecular complexity index is 471. The van der Waals surface area contributed by atoms with Gasteiger partial charge in [0, 0.05) is 18.6 Å². The predicted molar refractivity (Wildman–Crippen MR) is 77.8 cm³/mol. The van der Waals surface area contributed by atoms with E-state index in [9.17, 15) is 13.2 Å². The van der Waals surface area contributed by atoms with Gasteiger partial charge in [0.1, 0.15) is 0 Å². The van der Waals surface area contributed by atoms with Crippen molar-refractivity contribution in [2.24, 2.45) is 11.7 Å². The first-order valence-corrected chi connectivity index (χ1v) is 7.47. The van der Waals surface area contributed by atoms with Crippen molar-refractivity contribution in [2.75, 3.05) is 13.1 Å². The maximum Gasteiger partial charge on any atom is 0.416 e. The van der Waals surface area contributed by atoms with Gasteiger partial charge >= 0.3 is 6.18 Å². The first kappa shape index (κ1) is 16.3. The summed E-state index contributed by atoms with van der Waals surface area (Å²) in [7, 11) is 0. The highest BCUT2D eigenvalue weighted by Crippen LogP contribution is 2.35. The second kappa shape index (κ2) is 6.36. The number of alkyl halides is 3. The zero-order valence-electron chi connectivity index (χ0n) is 12.5. The summed E-state index contributed by atoms with van der Waals surface area (Å²) in [5.74, 6) is 0.479. The molecule has 118 valence electrons. The van der Waals surface area contributed by atoms with Crippen LogP contribution in [0.4, 0.5) is 13.2 Å². The minimum atomic E-state index is -4.31. The van der Waals surface area contributed by atoms with Gasteiger partial charge in [-0.1, -0.05) is 26.0 Å². The fourth-order valence-corrected chi connectivity index (χ4v) is 3.30. The van der Waals surface area contributed by atoms with E-state index in [1.807, 2.05) is 0 Å². The summed E-state index contributed by atoms with van der Waals surface area (Å²) in [4.78, 5) is 2.28. The van der Waals surface area contributed by atoms with Gasteiger partial charge in [0.25, 0.3) is 0 Å². The van der Waals surface area contributed by atoms with E-state index in [1.54, 1.807) is 6.07 Å². The fourth-order valence-electron chi connectivity index (χ4n) is 3.30. The van der Waals surface area contributed by atoms with Crippen LogP contribution >= 0.6 is 0 Å². The number of nitrogens with two attached hydrogens (primary N) is 1. The maximum absolute atomic E-state index is 12.9. The molecule has 0 amide bonds. The molecule has 1 fully saturated rings. The van der Waals surface area contributed by atoms with Crippen molar-refractivity contribution in [3.8, 4) is 0 Å². The largest absolute Gasteiger partial charge is 0.416 e. The highest BCUT2D eigenvalue weighted by molar-refractivity contribution is 5.28. The van der Waals surface area contributed by atoms with E-state index in [0.717, 1.165) is 25.5 Å². The van der Waals surface area contributed by atoms with Gasteiger partial charge in [0.05, 0.1) is 5.56 Å². The molecule has 0 aromatic heterocycles. The van der Waals surface area contributed by atoms with E-state index in [-0.39, 0.29) is 6.04 Å². The number of nitrogens with zero attached hydrogens (tertiary/aromatic N) is 1. The standard InChI is InChI=1S/C16H23F3N2/c1-11(2)14-7-4-8-21(14)15(10-20)12-5-3-6-13(9-12)16(17,18)19/h3,5-6,9,11,14-15H,4,7-8,10,20H2,1-2H3. The quantitative estimate of drug-likeness (QED) is 0.916. The van der Waals surface area contributed by atoms with Crippen molar-refractivity contribution in [1.29, 1.82) is 0 Å². The van der Waals surface area contributed by atoms with E-state index in [4.69, 9.17) is 5.73 Å². The van der Waals surface area contributed by atoms with Crippen LogP contribution in [-0.2, 0) is 6.18 Å². The van der Waals surface area contributed by atoms with Crippen molar-refractivity contribution in [3.05, 3.63) is 35.4 Å². The molecular formula is C16H23F3N2. The Balaban J connectivity index is 2.29. The number of halogens is 3. The second-order valence-corrected chi connectivity index (χ2v) is 6.07. The molecule has 1 aromatic carbocycles. The van der Waals surface area contributed by atoms with Gasteiger partial charge in [-0.3, -0.25) is 4.90 Å². The van der Waals surface area contributed by atoms with Gasteiger partial charge in [0.15, 0.2) is 0 Å². The smallest absolute Gasteiger partial charge is 0.329 e. The van der Waals surface area contributed by atoms with Crippen LogP contribution in [0.2, 0.25) is 0 Å². The Morgan fingerprint density at radius 3 is 2.62 bits per heavy atom. The van der Waals surface area contributed by atoms with E-state index in [2.05, 4.69) is 18.7 Å². The van der Waals surface area contributed by atoms with Crippen molar-refractivity contribution in [1.82, 2.24) is 4.90 Å². The number of likely N-dealkylation sites (tertiary alicyclic amines) is 1. The summed E-state index contributed by atoms with van der Waals surface area (Å²) in [6, 6.07) is 5.84. The van der Waals surface area contributed by atoms with E-state index in [1.165, 1.54) is 12.1 Å². The summed E-state index contributed by atoms with van der Waals surface area (Å²) in [5, 5.41) is 0. The van der Waals surface area contributed by atoms with Gasteiger partial charge in [-0.15, -0.1) is 0 Å². The van der Waals surface area contributed by atoms with Crippen molar-refractivity contribution >= 4 is 0 Å². The topological polar surface area (TPSA) is 29.3 Å². The van der Waals surface area contributed by atoms with E-state index in [0.29, 0.717) is 24.1 Å². The Morgan fingerprint density at radius 2 is 2.05 bits per heavy atom. The first-order chi connectivity index (χ1) is 9.84. The molecular weight excluding hydrogens is 277 g/mol. The Morgan fingerprint density at radius 1 is 1.33 bits per heavy atom. The van der Waals surface area contributed by atoms with Crippen LogP contribution in [0.5, 0.6) is 0 Å². The molecule has 1 aromatic rings. The lowest BCUT2D eigenvalue weighted by molar-refractivity contribution is -0.137. The van der Waals surface area contributed by atoms with E-state index >= 15 is 0 Å². The minimum absolute atomic E-state index is 0.137. The lowest BCUT2D eigenvalue weighted by atomic mass is 9.97. The highest BCUT2D eigenvalue weighted by Gasteiger charge is 2.35. The molecule has 2 N–H and O–H groups in total. The normalized spacial score (nSPS) is 22.0. The Hall–Kier alpha value is -1.07. The Kier molecular flexibility index (Phi) is 4.94. The van der Waals surface area contributed by atoms with Gasteiger partial charge in [-0.25, -0.2) is 0 Å². The molecule has 2 atom stereocenters. The molecule has 1 aliphatic rings. The van der Waals surface area contributed by atoms with Gasteiger partial charge in [-0.05, 0) is 43.0 Å². The van der Waals surface area contributed by atoms with Crippen LogP contribution in [0.3, 0.4) is 0 Å². The maximum atomic E-state index is 12.9. The molecule has 0 saturated carbocycles. The first-order valence-electron chi connectivity index (χ1n) is 7.47. The molecule has 2 unspecified atom stereocenters. The van der Waals surface area contributed by atoms with Gasteiger partial charge in [0.2, 0.25) is 0 Å². The average molecular weight is 300 g/mol. The monoisotopic (exact) mass is 300 g/mol. The SMILES string of the molecule is CC(C)C1CCCN1C(CN)c1cccc(C(F)(F)F)c1. The van der Waals surface area contributed by atoms with Crippen LogP contribution in [0.1, 0.15) is 43.9 Å². The summed E-state index contributed by atoms with van der Waals surface area (Å²) in [5.41, 5.74) is 5.95. The highest BCUT2D eigenvalue weighted by atomic mass is 19.4. The molecule has 21 heavy (non-hydrogen) atoms. The van der Waals surface area contributed by atoms with Crippen molar-refractivity contribution in [2.45, 2.75) is 44.9 Å². The second-order valence-electron chi connectivity index (χ2n) is 6.07. The summed E-state index contributed by atoms with van der Waals surface area (Å²) < 4.78 is 38.6. The average Bonchev–Trinajstić information content (AvgIpc) is 2.88. The third-order valence-electron chi connectivity index (χ3n) is 4.33. The summed E-state index contributed by atoms with van der Waals surface area (Å²) >= 11 is 0. The van der Waals surface area contributed by atoms with Crippen LogP contribution in [0, 0.1) is 5.92 Å². The number of hydrogen-bond donors (Lipinski definition) is 1. The third-order valence-corrected chi connectivity index (χ3v) is 4.33. The minimum Gasteiger partial charge on any atom is -0.329 e. The zero-order chi connectivity index (χ0) is 15.6. The zero-order valence-corrected chi connectivity index (χ0v) is 12.5. The number of benzene rings is 1. The van der Waals surface area contributed by atoms with Gasteiger partial charge in [-0.2, -0.15) is 13.2 Å². The molecule has 0 radical (unpaired) electrons. The molecule has 2 nitrogen and oxygen atoms in total. The van der Waals surface area contributed by atoms with Crippen LogP contribution in [0.15, 0.2) is 24.3 Å². The molecule has 5 heteroatoms. The predicted octanol–water partition coefficient (Wildman–Crippen LogP) is 3.83. The van der Waals surface area contributed by atoms with Crippen molar-refractivity contribution < 1.29 is 13.2 Å². The lowest BCUT2D eigenvalue weighted by Gasteiger charge is -2.35. The van der Waals surface area contributed by atoms with Crippen molar-refractivity contribution in [3.63, 3.8) is 0 Å². The number of hydrogen-bond acceptors (Lipinski definition) is 2. The Labute approximate surface area is 124 Å². The summed E-state index contributed by atoms with van der Waals surface area (Å²) in [6.45, 7) is 5.55.